The SMILES string of the molecule is COc1cc(CCc2ccncc2)cc(OCc2ccccc2)c1. The highest BCUT2D eigenvalue weighted by Crippen LogP contribution is 2.24. The summed E-state index contributed by atoms with van der Waals surface area (Å²) in [6.07, 6.45) is 5.56. The van der Waals surface area contributed by atoms with Gasteiger partial charge in [0.05, 0.1) is 7.11 Å². The molecule has 0 unspecified atom stereocenters. The van der Waals surface area contributed by atoms with E-state index in [1.807, 2.05) is 48.8 Å². The van der Waals surface area contributed by atoms with Crippen LogP contribution in [0.2, 0.25) is 0 Å². The van der Waals surface area contributed by atoms with Crippen LogP contribution in [0.5, 0.6) is 11.5 Å². The second-order valence-corrected chi connectivity index (χ2v) is 5.65. The Morgan fingerprint density at radius 2 is 1.46 bits per heavy atom. The van der Waals surface area contributed by atoms with Crippen molar-refractivity contribution in [2.75, 3.05) is 7.11 Å². The molecule has 0 fully saturated rings. The van der Waals surface area contributed by atoms with E-state index in [2.05, 4.69) is 29.2 Å². The Labute approximate surface area is 142 Å². The molecule has 0 N–H and O–H groups in total. The van der Waals surface area contributed by atoms with Crippen LogP contribution in [0.25, 0.3) is 0 Å². The van der Waals surface area contributed by atoms with Crippen LogP contribution in [0.1, 0.15) is 16.7 Å². The third-order valence-corrected chi connectivity index (χ3v) is 3.88. The second-order valence-electron chi connectivity index (χ2n) is 5.65. The average Bonchev–Trinajstić information content (AvgIpc) is 2.66. The molecule has 24 heavy (non-hydrogen) atoms. The van der Waals surface area contributed by atoms with Gasteiger partial charge in [-0.2, -0.15) is 0 Å². The van der Waals surface area contributed by atoms with Crippen molar-refractivity contribution in [3.05, 3.63) is 89.7 Å². The summed E-state index contributed by atoms with van der Waals surface area (Å²) in [5.74, 6) is 1.66. The van der Waals surface area contributed by atoms with E-state index in [9.17, 15) is 0 Å². The van der Waals surface area contributed by atoms with Gasteiger partial charge in [-0.05, 0) is 53.8 Å². The van der Waals surface area contributed by atoms with Gasteiger partial charge in [0.25, 0.3) is 0 Å². The lowest BCUT2D eigenvalue weighted by Gasteiger charge is -2.11. The zero-order valence-electron chi connectivity index (χ0n) is 13.8. The maximum absolute atomic E-state index is 5.94. The maximum atomic E-state index is 5.94. The van der Waals surface area contributed by atoms with Crippen LogP contribution in [0.15, 0.2) is 73.1 Å². The molecule has 2 aromatic carbocycles. The smallest absolute Gasteiger partial charge is 0.123 e. The number of aromatic nitrogens is 1. The Balaban J connectivity index is 1.68. The van der Waals surface area contributed by atoms with Crippen molar-refractivity contribution in [3.8, 4) is 11.5 Å². The van der Waals surface area contributed by atoms with Gasteiger partial charge in [0, 0.05) is 18.5 Å². The molecule has 3 aromatic rings. The molecular weight excluding hydrogens is 298 g/mol. The number of nitrogens with zero attached hydrogens (tertiary/aromatic N) is 1. The van der Waals surface area contributed by atoms with Crippen LogP contribution >= 0.6 is 0 Å². The summed E-state index contributed by atoms with van der Waals surface area (Å²) in [7, 11) is 1.68. The number of rotatable bonds is 7. The molecule has 0 aliphatic heterocycles. The fourth-order valence-corrected chi connectivity index (χ4v) is 2.56. The van der Waals surface area contributed by atoms with E-state index < -0.39 is 0 Å². The molecule has 3 rings (SSSR count). The summed E-state index contributed by atoms with van der Waals surface area (Å²) in [4.78, 5) is 4.06. The van der Waals surface area contributed by atoms with E-state index in [4.69, 9.17) is 9.47 Å². The first-order chi connectivity index (χ1) is 11.8. The van der Waals surface area contributed by atoms with Crippen molar-refractivity contribution in [1.82, 2.24) is 4.98 Å². The molecule has 0 saturated heterocycles. The lowest BCUT2D eigenvalue weighted by Crippen LogP contribution is -1.98. The quantitative estimate of drug-likeness (QED) is 0.644. The Morgan fingerprint density at radius 1 is 0.750 bits per heavy atom. The molecule has 3 heteroatoms. The van der Waals surface area contributed by atoms with Crippen LogP contribution in [-0.4, -0.2) is 12.1 Å². The first-order valence-electron chi connectivity index (χ1n) is 8.07. The van der Waals surface area contributed by atoms with Crippen molar-refractivity contribution < 1.29 is 9.47 Å². The van der Waals surface area contributed by atoms with Gasteiger partial charge in [0.15, 0.2) is 0 Å². The Morgan fingerprint density at radius 3 is 2.21 bits per heavy atom. The minimum absolute atomic E-state index is 0.553. The average molecular weight is 319 g/mol. The molecule has 122 valence electrons. The van der Waals surface area contributed by atoms with E-state index in [0.717, 1.165) is 29.9 Å². The number of aryl methyl sites for hydroxylation is 2. The second kappa shape index (κ2) is 8.16. The lowest BCUT2D eigenvalue weighted by atomic mass is 10.0. The minimum atomic E-state index is 0.553. The van der Waals surface area contributed by atoms with Gasteiger partial charge in [-0.1, -0.05) is 30.3 Å². The van der Waals surface area contributed by atoms with E-state index >= 15 is 0 Å². The zero-order valence-corrected chi connectivity index (χ0v) is 13.8. The minimum Gasteiger partial charge on any atom is -0.497 e. The molecule has 0 saturated carbocycles. The number of hydrogen-bond acceptors (Lipinski definition) is 3. The number of pyridine rings is 1. The van der Waals surface area contributed by atoms with Gasteiger partial charge < -0.3 is 9.47 Å². The van der Waals surface area contributed by atoms with E-state index in [1.54, 1.807) is 7.11 Å². The molecule has 3 nitrogen and oxygen atoms in total. The summed E-state index contributed by atoms with van der Waals surface area (Å²) in [5.41, 5.74) is 3.63. The van der Waals surface area contributed by atoms with Crippen molar-refractivity contribution in [2.45, 2.75) is 19.4 Å². The van der Waals surface area contributed by atoms with Crippen LogP contribution in [0, 0.1) is 0 Å². The molecule has 0 spiro atoms. The number of ether oxygens (including phenoxy) is 2. The van der Waals surface area contributed by atoms with Gasteiger partial charge in [-0.25, -0.2) is 0 Å². The van der Waals surface area contributed by atoms with E-state index in [0.29, 0.717) is 6.61 Å². The highest BCUT2D eigenvalue weighted by Gasteiger charge is 2.04. The van der Waals surface area contributed by atoms with Gasteiger partial charge in [-0.3, -0.25) is 4.98 Å². The third kappa shape index (κ3) is 4.59. The molecule has 0 aliphatic carbocycles. The summed E-state index contributed by atoms with van der Waals surface area (Å²) in [6, 6.07) is 20.3. The Kier molecular flexibility index (Phi) is 5.46. The van der Waals surface area contributed by atoms with Gasteiger partial charge >= 0.3 is 0 Å². The lowest BCUT2D eigenvalue weighted by molar-refractivity contribution is 0.303. The standard InChI is InChI=1S/C21H21NO2/c1-23-20-13-19(8-7-17-9-11-22-12-10-17)14-21(15-20)24-16-18-5-3-2-4-6-18/h2-6,9-15H,7-8,16H2,1H3. The van der Waals surface area contributed by atoms with Crippen molar-refractivity contribution in [2.24, 2.45) is 0 Å². The first-order valence-corrected chi connectivity index (χ1v) is 8.07. The topological polar surface area (TPSA) is 31.4 Å². The van der Waals surface area contributed by atoms with Gasteiger partial charge in [0.1, 0.15) is 18.1 Å². The zero-order chi connectivity index (χ0) is 16.6. The fraction of sp³-hybridized carbons (Fsp3) is 0.190. The normalized spacial score (nSPS) is 10.4. The largest absolute Gasteiger partial charge is 0.497 e. The molecule has 0 bridgehead atoms. The van der Waals surface area contributed by atoms with Crippen molar-refractivity contribution in [1.29, 1.82) is 0 Å². The summed E-state index contributed by atoms with van der Waals surface area (Å²) in [5, 5.41) is 0. The fourth-order valence-electron chi connectivity index (χ4n) is 2.56. The van der Waals surface area contributed by atoms with Crippen molar-refractivity contribution >= 4 is 0 Å². The summed E-state index contributed by atoms with van der Waals surface area (Å²) < 4.78 is 11.3. The highest BCUT2D eigenvalue weighted by molar-refractivity contribution is 5.39. The van der Waals surface area contributed by atoms with Crippen LogP contribution in [-0.2, 0) is 19.4 Å². The molecular formula is C21H21NO2. The van der Waals surface area contributed by atoms with Crippen LogP contribution in [0.3, 0.4) is 0 Å². The van der Waals surface area contributed by atoms with Gasteiger partial charge in [-0.15, -0.1) is 0 Å². The third-order valence-electron chi connectivity index (χ3n) is 3.88. The van der Waals surface area contributed by atoms with Gasteiger partial charge in [0.2, 0.25) is 0 Å². The highest BCUT2D eigenvalue weighted by atomic mass is 16.5. The molecule has 0 atom stereocenters. The number of benzene rings is 2. The maximum Gasteiger partial charge on any atom is 0.123 e. The molecule has 1 aromatic heterocycles. The molecule has 1 heterocycles. The molecule has 0 radical (unpaired) electrons. The predicted molar refractivity (Wildman–Crippen MR) is 95.4 cm³/mol. The predicted octanol–water partition coefficient (Wildman–Crippen LogP) is 4.45. The van der Waals surface area contributed by atoms with Crippen LogP contribution in [0.4, 0.5) is 0 Å². The summed E-state index contributed by atoms with van der Waals surface area (Å²) >= 11 is 0. The Bertz CT molecular complexity index is 696. The van der Waals surface area contributed by atoms with E-state index in [-0.39, 0.29) is 0 Å². The number of methoxy groups -OCH3 is 1. The Hall–Kier alpha value is -2.81. The number of hydrogen-bond donors (Lipinski definition) is 0. The van der Waals surface area contributed by atoms with E-state index in [1.165, 1.54) is 11.1 Å². The van der Waals surface area contributed by atoms with Crippen molar-refractivity contribution in [3.63, 3.8) is 0 Å². The molecule has 0 aliphatic rings. The first kappa shape index (κ1) is 16.1. The summed E-state index contributed by atoms with van der Waals surface area (Å²) in [6.45, 7) is 0.553. The van der Waals surface area contributed by atoms with Crippen LogP contribution < -0.4 is 9.47 Å². The monoisotopic (exact) mass is 319 g/mol. The molecule has 0 amide bonds.